The van der Waals surface area contributed by atoms with Crippen molar-refractivity contribution in [2.75, 3.05) is 5.32 Å². The van der Waals surface area contributed by atoms with Crippen LogP contribution in [0.2, 0.25) is 5.02 Å². The molecule has 1 aliphatic rings. The van der Waals surface area contributed by atoms with E-state index in [1.54, 1.807) is 24.3 Å². The SMILES string of the molecule is O=CNc1ccc2[nH]c3cc(-c4ccccc4Cl)c4c(c3c2c1)C(=O)NC4=O. The zero-order valence-electron chi connectivity index (χ0n) is 14.3. The van der Waals surface area contributed by atoms with Gasteiger partial charge in [-0.25, -0.2) is 0 Å². The smallest absolute Gasteiger partial charge is 0.259 e. The van der Waals surface area contributed by atoms with Crippen LogP contribution in [0.4, 0.5) is 5.69 Å². The van der Waals surface area contributed by atoms with Crippen molar-refractivity contribution in [2.45, 2.75) is 0 Å². The zero-order chi connectivity index (χ0) is 19.4. The van der Waals surface area contributed by atoms with Crippen LogP contribution >= 0.6 is 11.6 Å². The molecular formula is C21H12ClN3O3. The molecule has 6 nitrogen and oxygen atoms in total. The summed E-state index contributed by atoms with van der Waals surface area (Å²) in [4.78, 5) is 39.3. The Morgan fingerprint density at radius 2 is 1.68 bits per heavy atom. The fraction of sp³-hybridized carbons (Fsp3) is 0. The van der Waals surface area contributed by atoms with Gasteiger partial charge in [0.2, 0.25) is 6.41 Å². The summed E-state index contributed by atoms with van der Waals surface area (Å²) < 4.78 is 0. The zero-order valence-corrected chi connectivity index (χ0v) is 15.1. The molecule has 0 unspecified atom stereocenters. The summed E-state index contributed by atoms with van der Waals surface area (Å²) in [6, 6.07) is 14.4. The third-order valence-electron chi connectivity index (χ3n) is 4.96. The second-order valence-corrected chi connectivity index (χ2v) is 6.91. The number of nitrogens with one attached hydrogen (secondary N) is 3. The number of carbonyl (C=O) groups is 3. The Kier molecular flexibility index (Phi) is 3.50. The number of hydrogen-bond acceptors (Lipinski definition) is 3. The van der Waals surface area contributed by atoms with Gasteiger partial charge in [0, 0.05) is 38.1 Å². The molecule has 1 aliphatic heterocycles. The van der Waals surface area contributed by atoms with E-state index in [1.807, 2.05) is 24.3 Å². The van der Waals surface area contributed by atoms with Crippen molar-refractivity contribution >= 4 is 57.3 Å². The quantitative estimate of drug-likeness (QED) is 0.364. The molecule has 0 spiro atoms. The van der Waals surface area contributed by atoms with Crippen LogP contribution in [-0.2, 0) is 4.79 Å². The molecule has 3 aromatic carbocycles. The highest BCUT2D eigenvalue weighted by Crippen LogP contribution is 2.41. The second-order valence-electron chi connectivity index (χ2n) is 6.51. The van der Waals surface area contributed by atoms with Gasteiger partial charge >= 0.3 is 0 Å². The maximum absolute atomic E-state index is 12.7. The summed E-state index contributed by atoms with van der Waals surface area (Å²) in [5, 5.41) is 6.87. The molecule has 0 atom stereocenters. The molecule has 136 valence electrons. The third kappa shape index (κ3) is 2.25. The third-order valence-corrected chi connectivity index (χ3v) is 5.29. The van der Waals surface area contributed by atoms with Gasteiger partial charge in [0.25, 0.3) is 11.8 Å². The molecule has 0 fully saturated rings. The number of anilines is 1. The average molecular weight is 390 g/mol. The first-order chi connectivity index (χ1) is 13.6. The van der Waals surface area contributed by atoms with Crippen LogP contribution in [0.3, 0.4) is 0 Å². The Morgan fingerprint density at radius 3 is 2.46 bits per heavy atom. The Bertz CT molecular complexity index is 1340. The van der Waals surface area contributed by atoms with E-state index in [0.717, 1.165) is 10.9 Å². The summed E-state index contributed by atoms with van der Waals surface area (Å²) >= 11 is 6.36. The van der Waals surface area contributed by atoms with Gasteiger partial charge in [-0.15, -0.1) is 0 Å². The topological polar surface area (TPSA) is 91.1 Å². The minimum absolute atomic E-state index is 0.306. The lowest BCUT2D eigenvalue weighted by atomic mass is 9.93. The maximum Gasteiger partial charge on any atom is 0.259 e. The van der Waals surface area contributed by atoms with Gasteiger partial charge in [0.15, 0.2) is 0 Å². The van der Waals surface area contributed by atoms with Crippen LogP contribution in [0.5, 0.6) is 0 Å². The van der Waals surface area contributed by atoms with Crippen molar-refractivity contribution in [3.05, 3.63) is 64.7 Å². The van der Waals surface area contributed by atoms with Crippen molar-refractivity contribution in [2.24, 2.45) is 0 Å². The molecule has 3 amide bonds. The number of aromatic amines is 1. The Labute approximate surface area is 163 Å². The Morgan fingerprint density at radius 1 is 0.893 bits per heavy atom. The molecule has 7 heteroatoms. The van der Waals surface area contributed by atoms with Crippen molar-refractivity contribution in [3.63, 3.8) is 0 Å². The number of amides is 3. The van der Waals surface area contributed by atoms with Crippen LogP contribution in [0.25, 0.3) is 32.9 Å². The summed E-state index contributed by atoms with van der Waals surface area (Å²) in [6.07, 6.45) is 0.589. The first kappa shape index (κ1) is 16.5. The number of carbonyl (C=O) groups excluding carboxylic acids is 3. The second kappa shape index (κ2) is 5.94. The molecule has 3 N–H and O–H groups in total. The number of rotatable bonds is 3. The van der Waals surface area contributed by atoms with Crippen molar-refractivity contribution < 1.29 is 14.4 Å². The molecule has 0 saturated heterocycles. The van der Waals surface area contributed by atoms with E-state index in [4.69, 9.17) is 11.6 Å². The maximum atomic E-state index is 12.7. The summed E-state index contributed by atoms with van der Waals surface area (Å²) in [7, 11) is 0. The normalized spacial score (nSPS) is 13.0. The predicted octanol–water partition coefficient (Wildman–Crippen LogP) is 4.09. The van der Waals surface area contributed by atoms with Crippen LogP contribution < -0.4 is 10.6 Å². The lowest BCUT2D eigenvalue weighted by molar-refractivity contribution is -0.105. The lowest BCUT2D eigenvalue weighted by Crippen LogP contribution is -2.20. The fourth-order valence-electron chi connectivity index (χ4n) is 3.81. The highest BCUT2D eigenvalue weighted by molar-refractivity contribution is 6.36. The van der Waals surface area contributed by atoms with Crippen LogP contribution in [-0.4, -0.2) is 23.2 Å². The van der Waals surface area contributed by atoms with Crippen LogP contribution in [0.1, 0.15) is 20.7 Å². The van der Waals surface area contributed by atoms with Gasteiger partial charge in [0.05, 0.1) is 11.1 Å². The number of hydrogen-bond donors (Lipinski definition) is 3. The van der Waals surface area contributed by atoms with Crippen LogP contribution in [0.15, 0.2) is 48.5 Å². The molecule has 4 aromatic rings. The van der Waals surface area contributed by atoms with E-state index in [9.17, 15) is 14.4 Å². The minimum atomic E-state index is -0.451. The summed E-state index contributed by atoms with van der Waals surface area (Å²) in [5.74, 6) is -0.901. The number of H-pyrrole nitrogens is 1. The van der Waals surface area contributed by atoms with E-state index in [1.165, 1.54) is 0 Å². The molecule has 2 heterocycles. The van der Waals surface area contributed by atoms with Gasteiger partial charge in [-0.2, -0.15) is 0 Å². The molecule has 1 aromatic heterocycles. The molecular weight excluding hydrogens is 378 g/mol. The molecule has 5 rings (SSSR count). The van der Waals surface area contributed by atoms with Crippen molar-refractivity contribution in [3.8, 4) is 11.1 Å². The monoisotopic (exact) mass is 389 g/mol. The molecule has 0 bridgehead atoms. The van der Waals surface area contributed by atoms with Gasteiger partial charge in [-0.1, -0.05) is 29.8 Å². The number of imide groups is 1. The first-order valence-electron chi connectivity index (χ1n) is 8.51. The summed E-state index contributed by atoms with van der Waals surface area (Å²) in [6.45, 7) is 0. The van der Waals surface area contributed by atoms with E-state index >= 15 is 0 Å². The van der Waals surface area contributed by atoms with Gasteiger partial charge in [-0.05, 0) is 35.9 Å². The fourth-order valence-corrected chi connectivity index (χ4v) is 4.04. The van der Waals surface area contributed by atoms with Crippen LogP contribution in [0, 0.1) is 0 Å². The van der Waals surface area contributed by atoms with Crippen molar-refractivity contribution in [1.29, 1.82) is 0 Å². The highest BCUT2D eigenvalue weighted by Gasteiger charge is 2.34. The molecule has 0 aliphatic carbocycles. The number of fused-ring (bicyclic) bond motifs is 5. The number of halogens is 1. The summed E-state index contributed by atoms with van der Waals surface area (Å²) in [5.41, 5.74) is 3.97. The first-order valence-corrected chi connectivity index (χ1v) is 8.89. The van der Waals surface area contributed by atoms with E-state index in [0.29, 0.717) is 50.3 Å². The number of benzene rings is 3. The van der Waals surface area contributed by atoms with Gasteiger partial charge in [0.1, 0.15) is 0 Å². The molecule has 0 saturated carbocycles. The largest absolute Gasteiger partial charge is 0.354 e. The Hall–Kier alpha value is -3.64. The van der Waals surface area contributed by atoms with Gasteiger partial charge in [-0.3, -0.25) is 19.7 Å². The Balaban J connectivity index is 1.93. The van der Waals surface area contributed by atoms with E-state index < -0.39 is 11.8 Å². The average Bonchev–Trinajstić information content (AvgIpc) is 3.18. The highest BCUT2D eigenvalue weighted by atomic mass is 35.5. The standard InChI is InChI=1S/C21H12ClN3O3/c22-14-4-2-1-3-11(14)12-8-16-17(19-18(12)20(27)25-21(19)28)13-7-10(23-9-26)5-6-15(13)24-16/h1-9,24H,(H,23,26)(H,25,27,28). The van der Waals surface area contributed by atoms with Gasteiger partial charge < -0.3 is 10.3 Å². The number of aromatic nitrogens is 1. The lowest BCUT2D eigenvalue weighted by Gasteiger charge is -2.09. The van der Waals surface area contributed by atoms with Crippen molar-refractivity contribution in [1.82, 2.24) is 10.3 Å². The van der Waals surface area contributed by atoms with E-state index in [-0.39, 0.29) is 0 Å². The minimum Gasteiger partial charge on any atom is -0.354 e. The predicted molar refractivity (Wildman–Crippen MR) is 108 cm³/mol. The molecule has 28 heavy (non-hydrogen) atoms. The van der Waals surface area contributed by atoms with E-state index in [2.05, 4.69) is 15.6 Å². The molecule has 0 radical (unpaired) electrons.